The van der Waals surface area contributed by atoms with Gasteiger partial charge in [0.2, 0.25) is 0 Å². The third-order valence-corrected chi connectivity index (χ3v) is 4.81. The van der Waals surface area contributed by atoms with Gasteiger partial charge in [-0.15, -0.1) is 0 Å². The molecule has 1 atom stereocenters. The van der Waals surface area contributed by atoms with Crippen LogP contribution in [0.3, 0.4) is 0 Å². The molecular formula is C16H34N2. The third kappa shape index (κ3) is 5.71. The number of nitrogens with two attached hydrogens (primary N) is 1. The van der Waals surface area contributed by atoms with Gasteiger partial charge in [0.25, 0.3) is 0 Å². The first-order valence-electron chi connectivity index (χ1n) is 8.09. The number of nitrogens with zero attached hydrogens (tertiary/aromatic N) is 1. The van der Waals surface area contributed by atoms with Gasteiger partial charge in [-0.25, -0.2) is 0 Å². The lowest BCUT2D eigenvalue weighted by Crippen LogP contribution is -2.36. The van der Waals surface area contributed by atoms with Crippen LogP contribution in [0.2, 0.25) is 0 Å². The molecule has 0 spiro atoms. The second-order valence-electron chi connectivity index (χ2n) is 6.42. The summed E-state index contributed by atoms with van der Waals surface area (Å²) >= 11 is 0. The van der Waals surface area contributed by atoms with Crippen molar-refractivity contribution in [3.63, 3.8) is 0 Å². The zero-order valence-corrected chi connectivity index (χ0v) is 12.8. The Bertz CT molecular complexity index is 195. The van der Waals surface area contributed by atoms with E-state index in [2.05, 4.69) is 25.7 Å². The van der Waals surface area contributed by atoms with Gasteiger partial charge in [-0.2, -0.15) is 0 Å². The summed E-state index contributed by atoms with van der Waals surface area (Å²) in [6, 6.07) is 0. The van der Waals surface area contributed by atoms with Crippen molar-refractivity contribution >= 4 is 0 Å². The van der Waals surface area contributed by atoms with Crippen molar-refractivity contribution in [2.75, 3.05) is 26.2 Å². The van der Waals surface area contributed by atoms with E-state index >= 15 is 0 Å². The molecule has 108 valence electrons. The Labute approximate surface area is 114 Å². The molecule has 0 amide bonds. The molecule has 0 aromatic rings. The van der Waals surface area contributed by atoms with Gasteiger partial charge in [0, 0.05) is 0 Å². The lowest BCUT2D eigenvalue weighted by molar-refractivity contribution is 0.153. The van der Waals surface area contributed by atoms with Gasteiger partial charge in [0.1, 0.15) is 0 Å². The van der Waals surface area contributed by atoms with Crippen molar-refractivity contribution in [2.24, 2.45) is 23.5 Å². The van der Waals surface area contributed by atoms with E-state index in [1.165, 1.54) is 58.2 Å². The number of likely N-dealkylation sites (tertiary alicyclic amines) is 1. The quantitative estimate of drug-likeness (QED) is 0.718. The fraction of sp³-hybridized carbons (Fsp3) is 1.00. The Kier molecular flexibility index (Phi) is 7.92. The smallest absolute Gasteiger partial charge is 0.00160 e. The molecule has 1 rings (SSSR count). The molecule has 2 N–H and O–H groups in total. The fourth-order valence-corrected chi connectivity index (χ4v) is 3.24. The van der Waals surface area contributed by atoms with Crippen LogP contribution in [0, 0.1) is 17.8 Å². The lowest BCUT2D eigenvalue weighted by Gasteiger charge is -2.34. The number of rotatable bonds is 8. The summed E-state index contributed by atoms with van der Waals surface area (Å²) in [6.07, 6.45) is 8.08. The monoisotopic (exact) mass is 254 g/mol. The van der Waals surface area contributed by atoms with Crippen LogP contribution in [0.1, 0.15) is 59.3 Å². The van der Waals surface area contributed by atoms with E-state index in [1.54, 1.807) is 0 Å². The van der Waals surface area contributed by atoms with Crippen molar-refractivity contribution in [1.29, 1.82) is 0 Å². The number of piperidine rings is 1. The molecule has 0 saturated carbocycles. The lowest BCUT2D eigenvalue weighted by atomic mass is 9.86. The predicted molar refractivity (Wildman–Crippen MR) is 80.7 cm³/mol. The van der Waals surface area contributed by atoms with Crippen LogP contribution in [0.15, 0.2) is 0 Å². The van der Waals surface area contributed by atoms with E-state index in [9.17, 15) is 0 Å². The van der Waals surface area contributed by atoms with Crippen LogP contribution in [-0.2, 0) is 0 Å². The Morgan fingerprint density at radius 1 is 1.17 bits per heavy atom. The second-order valence-corrected chi connectivity index (χ2v) is 6.42. The molecular weight excluding hydrogens is 220 g/mol. The van der Waals surface area contributed by atoms with Crippen LogP contribution >= 0.6 is 0 Å². The molecule has 1 aliphatic rings. The largest absolute Gasteiger partial charge is 0.330 e. The summed E-state index contributed by atoms with van der Waals surface area (Å²) in [5.74, 6) is 2.71. The predicted octanol–water partition coefficient (Wildman–Crippen LogP) is 3.51. The third-order valence-electron chi connectivity index (χ3n) is 4.81. The molecule has 0 bridgehead atoms. The summed E-state index contributed by atoms with van der Waals surface area (Å²) in [5, 5.41) is 0. The van der Waals surface area contributed by atoms with E-state index in [4.69, 9.17) is 5.73 Å². The molecule has 1 unspecified atom stereocenters. The van der Waals surface area contributed by atoms with Gasteiger partial charge < -0.3 is 10.6 Å². The average molecular weight is 254 g/mol. The minimum atomic E-state index is 0.859. The van der Waals surface area contributed by atoms with Gasteiger partial charge in [0.05, 0.1) is 0 Å². The molecule has 2 heteroatoms. The first kappa shape index (κ1) is 16.0. The van der Waals surface area contributed by atoms with Gasteiger partial charge >= 0.3 is 0 Å². The summed E-state index contributed by atoms with van der Waals surface area (Å²) in [5.41, 5.74) is 5.65. The summed E-state index contributed by atoms with van der Waals surface area (Å²) in [4.78, 5) is 2.67. The van der Waals surface area contributed by atoms with E-state index in [0.29, 0.717) is 0 Å². The Morgan fingerprint density at radius 2 is 1.83 bits per heavy atom. The molecule has 0 aliphatic carbocycles. The number of hydrogen-bond acceptors (Lipinski definition) is 2. The molecule has 1 fully saturated rings. The maximum absolute atomic E-state index is 5.65. The highest BCUT2D eigenvalue weighted by Gasteiger charge is 2.21. The Hall–Kier alpha value is -0.0800. The van der Waals surface area contributed by atoms with Crippen molar-refractivity contribution in [2.45, 2.75) is 59.3 Å². The standard InChI is InChI=1S/C16H34N2/c1-4-15(7-10-17)6-5-11-18-12-8-16(9-13-18)14(2)3/h14-16H,4-13,17H2,1-3H3. The second kappa shape index (κ2) is 8.92. The SMILES string of the molecule is CCC(CCN)CCCN1CCC(C(C)C)CC1. The van der Waals surface area contributed by atoms with Crippen LogP contribution in [0.25, 0.3) is 0 Å². The van der Waals surface area contributed by atoms with E-state index < -0.39 is 0 Å². The molecule has 0 radical (unpaired) electrons. The highest BCUT2D eigenvalue weighted by Crippen LogP contribution is 2.24. The normalized spacial score (nSPS) is 20.5. The van der Waals surface area contributed by atoms with Crippen molar-refractivity contribution in [3.8, 4) is 0 Å². The van der Waals surface area contributed by atoms with E-state index in [0.717, 1.165) is 24.3 Å². The molecule has 1 saturated heterocycles. The highest BCUT2D eigenvalue weighted by molar-refractivity contribution is 4.74. The Morgan fingerprint density at radius 3 is 2.33 bits per heavy atom. The molecule has 2 nitrogen and oxygen atoms in total. The molecule has 18 heavy (non-hydrogen) atoms. The topological polar surface area (TPSA) is 29.3 Å². The van der Waals surface area contributed by atoms with Gasteiger partial charge in [0.15, 0.2) is 0 Å². The van der Waals surface area contributed by atoms with Crippen LogP contribution in [0.5, 0.6) is 0 Å². The highest BCUT2D eigenvalue weighted by atomic mass is 15.1. The Balaban J connectivity index is 2.10. The average Bonchev–Trinajstić information content (AvgIpc) is 2.38. The fourth-order valence-electron chi connectivity index (χ4n) is 3.24. The zero-order valence-electron chi connectivity index (χ0n) is 12.8. The van der Waals surface area contributed by atoms with Crippen molar-refractivity contribution in [1.82, 2.24) is 4.90 Å². The van der Waals surface area contributed by atoms with Crippen LogP contribution < -0.4 is 5.73 Å². The van der Waals surface area contributed by atoms with Gasteiger partial charge in [-0.1, -0.05) is 27.2 Å². The first-order valence-corrected chi connectivity index (χ1v) is 8.09. The molecule has 1 aliphatic heterocycles. The summed E-state index contributed by atoms with van der Waals surface area (Å²) in [7, 11) is 0. The molecule has 1 heterocycles. The van der Waals surface area contributed by atoms with Crippen molar-refractivity contribution < 1.29 is 0 Å². The van der Waals surface area contributed by atoms with Gasteiger partial charge in [-0.05, 0) is 76.0 Å². The van der Waals surface area contributed by atoms with E-state index in [-0.39, 0.29) is 0 Å². The van der Waals surface area contributed by atoms with E-state index in [1.807, 2.05) is 0 Å². The maximum Gasteiger partial charge on any atom is -0.00160 e. The van der Waals surface area contributed by atoms with Crippen LogP contribution in [0.4, 0.5) is 0 Å². The molecule has 0 aromatic heterocycles. The van der Waals surface area contributed by atoms with Gasteiger partial charge in [-0.3, -0.25) is 0 Å². The minimum Gasteiger partial charge on any atom is -0.330 e. The number of hydrogen-bond donors (Lipinski definition) is 1. The maximum atomic E-state index is 5.65. The molecule has 0 aromatic carbocycles. The minimum absolute atomic E-state index is 0.859. The first-order chi connectivity index (χ1) is 8.67. The summed E-state index contributed by atoms with van der Waals surface area (Å²) < 4.78 is 0. The van der Waals surface area contributed by atoms with Crippen molar-refractivity contribution in [3.05, 3.63) is 0 Å². The zero-order chi connectivity index (χ0) is 13.4. The van der Waals surface area contributed by atoms with Crippen LogP contribution in [-0.4, -0.2) is 31.1 Å². The summed E-state index contributed by atoms with van der Waals surface area (Å²) in [6.45, 7) is 11.9.